The molecule has 1 amide bonds. The summed E-state index contributed by atoms with van der Waals surface area (Å²) in [5, 5.41) is 12.6. The van der Waals surface area contributed by atoms with Crippen LogP contribution in [0.5, 0.6) is 5.75 Å². The smallest absolute Gasteiger partial charge is 0.343 e. The Hall–Kier alpha value is -2.28. The number of hydrogen-bond donors (Lipinski definition) is 1. The first-order chi connectivity index (χ1) is 13.3. The maximum atomic E-state index is 12.4. The van der Waals surface area contributed by atoms with Crippen LogP contribution < -0.4 is 10.1 Å². The number of nitrogens with one attached hydrogen (secondary N) is 1. The highest BCUT2D eigenvalue weighted by molar-refractivity contribution is 14.1. The number of nitriles is 1. The van der Waals surface area contributed by atoms with Gasteiger partial charge in [0, 0.05) is 5.69 Å². The standard InChI is InChI=1S/C19H13Cl2IN2O4/c1-27-18(25)10-28-17-5-2-11(7-16(17)22)6-12(9-23)19(26)24-13-3-4-14(20)15(21)8-13/h2-8H,10H2,1H3,(H,24,26)/b12-6+. The van der Waals surface area contributed by atoms with Crippen LogP contribution in [-0.2, 0) is 14.3 Å². The zero-order valence-corrected chi connectivity index (χ0v) is 18.1. The van der Waals surface area contributed by atoms with Crippen LogP contribution in [0.1, 0.15) is 5.56 Å². The number of benzene rings is 2. The van der Waals surface area contributed by atoms with Gasteiger partial charge in [0.05, 0.1) is 20.7 Å². The van der Waals surface area contributed by atoms with Crippen LogP contribution in [0.15, 0.2) is 42.0 Å². The zero-order valence-electron chi connectivity index (χ0n) is 14.5. The molecule has 0 aliphatic carbocycles. The van der Waals surface area contributed by atoms with Crippen LogP contribution in [0.2, 0.25) is 10.0 Å². The molecule has 0 saturated heterocycles. The largest absolute Gasteiger partial charge is 0.481 e. The fourth-order valence-electron chi connectivity index (χ4n) is 2.01. The summed E-state index contributed by atoms with van der Waals surface area (Å²) in [6.45, 7) is -0.211. The van der Waals surface area contributed by atoms with Crippen molar-refractivity contribution in [2.45, 2.75) is 0 Å². The predicted molar refractivity (Wildman–Crippen MR) is 115 cm³/mol. The van der Waals surface area contributed by atoms with E-state index in [1.807, 2.05) is 28.7 Å². The van der Waals surface area contributed by atoms with Gasteiger partial charge in [-0.15, -0.1) is 0 Å². The molecule has 0 aliphatic rings. The van der Waals surface area contributed by atoms with Crippen LogP contribution in [0.25, 0.3) is 6.08 Å². The molecule has 144 valence electrons. The number of ether oxygens (including phenoxy) is 2. The molecule has 2 aromatic rings. The molecule has 0 radical (unpaired) electrons. The average Bonchev–Trinajstić information content (AvgIpc) is 2.67. The second-order valence-corrected chi connectivity index (χ2v) is 7.28. The molecular weight excluding hydrogens is 518 g/mol. The first-order valence-electron chi connectivity index (χ1n) is 7.71. The highest BCUT2D eigenvalue weighted by Crippen LogP contribution is 2.26. The van der Waals surface area contributed by atoms with E-state index in [1.54, 1.807) is 30.3 Å². The minimum atomic E-state index is -0.582. The summed E-state index contributed by atoms with van der Waals surface area (Å²) < 4.78 is 10.6. The molecule has 0 aliphatic heterocycles. The molecule has 0 heterocycles. The van der Waals surface area contributed by atoms with E-state index in [1.165, 1.54) is 19.3 Å². The van der Waals surface area contributed by atoms with Crippen molar-refractivity contribution in [1.29, 1.82) is 5.26 Å². The normalized spacial score (nSPS) is 10.8. The quantitative estimate of drug-likeness (QED) is 0.253. The van der Waals surface area contributed by atoms with Gasteiger partial charge in [0.1, 0.15) is 17.4 Å². The fraction of sp³-hybridized carbons (Fsp3) is 0.105. The van der Waals surface area contributed by atoms with E-state index in [4.69, 9.17) is 27.9 Å². The molecular formula is C19H13Cl2IN2O4. The van der Waals surface area contributed by atoms with Gasteiger partial charge in [0.25, 0.3) is 5.91 Å². The molecule has 1 N–H and O–H groups in total. The van der Waals surface area contributed by atoms with Crippen molar-refractivity contribution in [2.75, 3.05) is 19.0 Å². The molecule has 0 unspecified atom stereocenters. The number of anilines is 1. The summed E-state index contributed by atoms with van der Waals surface area (Å²) in [5.74, 6) is -0.589. The topological polar surface area (TPSA) is 88.4 Å². The van der Waals surface area contributed by atoms with E-state index >= 15 is 0 Å². The van der Waals surface area contributed by atoms with Gasteiger partial charge in [-0.2, -0.15) is 5.26 Å². The van der Waals surface area contributed by atoms with E-state index < -0.39 is 11.9 Å². The summed E-state index contributed by atoms with van der Waals surface area (Å²) in [6.07, 6.45) is 1.44. The average molecular weight is 531 g/mol. The van der Waals surface area contributed by atoms with Crippen LogP contribution in [0.4, 0.5) is 5.69 Å². The molecule has 0 bridgehead atoms. The zero-order chi connectivity index (χ0) is 20.7. The molecule has 0 saturated carbocycles. The number of nitrogens with zero attached hydrogens (tertiary/aromatic N) is 1. The van der Waals surface area contributed by atoms with Gasteiger partial charge in [0.15, 0.2) is 6.61 Å². The Labute approximate surface area is 185 Å². The van der Waals surface area contributed by atoms with Gasteiger partial charge >= 0.3 is 5.97 Å². The van der Waals surface area contributed by atoms with Gasteiger partial charge < -0.3 is 14.8 Å². The highest BCUT2D eigenvalue weighted by atomic mass is 127. The van der Waals surface area contributed by atoms with E-state index in [-0.39, 0.29) is 12.2 Å². The summed E-state index contributed by atoms with van der Waals surface area (Å²) in [6, 6.07) is 11.5. The molecule has 6 nitrogen and oxygen atoms in total. The minimum absolute atomic E-state index is 0.0925. The van der Waals surface area contributed by atoms with Crippen LogP contribution in [0.3, 0.4) is 0 Å². The molecule has 28 heavy (non-hydrogen) atoms. The minimum Gasteiger partial charge on any atom is -0.481 e. The van der Waals surface area contributed by atoms with Crippen molar-refractivity contribution < 1.29 is 19.1 Å². The molecule has 2 aromatic carbocycles. The van der Waals surface area contributed by atoms with E-state index in [0.29, 0.717) is 30.6 Å². The predicted octanol–water partition coefficient (Wildman–Crippen LogP) is 4.70. The third kappa shape index (κ3) is 6.12. The first-order valence-corrected chi connectivity index (χ1v) is 9.55. The Morgan fingerprint density at radius 3 is 2.57 bits per heavy atom. The van der Waals surface area contributed by atoms with Crippen LogP contribution in [0, 0.1) is 14.9 Å². The number of hydrogen-bond acceptors (Lipinski definition) is 5. The lowest BCUT2D eigenvalue weighted by Gasteiger charge is -2.08. The Morgan fingerprint density at radius 2 is 1.96 bits per heavy atom. The van der Waals surface area contributed by atoms with Crippen molar-refractivity contribution in [3.63, 3.8) is 0 Å². The Kier molecular flexibility index (Phi) is 8.11. The second-order valence-electron chi connectivity index (χ2n) is 5.31. The van der Waals surface area contributed by atoms with Crippen molar-refractivity contribution in [3.8, 4) is 11.8 Å². The Balaban J connectivity index is 2.15. The highest BCUT2D eigenvalue weighted by Gasteiger charge is 2.12. The third-order valence-corrected chi connectivity index (χ3v) is 4.96. The number of amides is 1. The SMILES string of the molecule is COC(=O)COc1ccc(/C=C(\C#N)C(=O)Nc2ccc(Cl)c(Cl)c2)cc1I. The van der Waals surface area contributed by atoms with Gasteiger partial charge in [-0.3, -0.25) is 4.79 Å². The second kappa shape index (κ2) is 10.3. The Bertz CT molecular complexity index is 986. The molecule has 2 rings (SSSR count). The maximum Gasteiger partial charge on any atom is 0.343 e. The van der Waals surface area contributed by atoms with Crippen molar-refractivity contribution in [2.24, 2.45) is 0 Å². The lowest BCUT2D eigenvalue weighted by molar-refractivity contribution is -0.142. The van der Waals surface area contributed by atoms with Crippen molar-refractivity contribution >= 4 is 69.4 Å². The molecule has 9 heteroatoms. The lowest BCUT2D eigenvalue weighted by Crippen LogP contribution is -2.13. The lowest BCUT2D eigenvalue weighted by atomic mass is 10.1. The van der Waals surface area contributed by atoms with Gasteiger partial charge in [-0.05, 0) is 64.6 Å². The Morgan fingerprint density at radius 1 is 1.21 bits per heavy atom. The summed E-state index contributed by atoms with van der Waals surface area (Å²) in [5.41, 5.74) is 0.947. The van der Waals surface area contributed by atoms with Crippen LogP contribution in [-0.4, -0.2) is 25.6 Å². The molecule has 0 atom stereocenters. The van der Waals surface area contributed by atoms with Crippen molar-refractivity contribution in [1.82, 2.24) is 0 Å². The van der Waals surface area contributed by atoms with Gasteiger partial charge in [-0.1, -0.05) is 29.3 Å². The summed E-state index contributed by atoms with van der Waals surface area (Å²) in [4.78, 5) is 23.5. The van der Waals surface area contributed by atoms with E-state index in [2.05, 4.69) is 10.1 Å². The molecule has 0 fully saturated rings. The molecule has 0 aromatic heterocycles. The van der Waals surface area contributed by atoms with Gasteiger partial charge in [-0.25, -0.2) is 4.79 Å². The number of rotatable bonds is 6. The monoisotopic (exact) mass is 530 g/mol. The first kappa shape index (κ1) is 22.0. The summed E-state index contributed by atoms with van der Waals surface area (Å²) in [7, 11) is 1.27. The van der Waals surface area contributed by atoms with Crippen molar-refractivity contribution in [3.05, 3.63) is 61.2 Å². The number of carbonyl (C=O) groups is 2. The van der Waals surface area contributed by atoms with Crippen LogP contribution >= 0.6 is 45.8 Å². The number of esters is 1. The summed E-state index contributed by atoms with van der Waals surface area (Å²) >= 11 is 13.8. The number of methoxy groups -OCH3 is 1. The third-order valence-electron chi connectivity index (χ3n) is 3.38. The van der Waals surface area contributed by atoms with Gasteiger partial charge in [0.2, 0.25) is 0 Å². The fourth-order valence-corrected chi connectivity index (χ4v) is 3.00. The van der Waals surface area contributed by atoms with E-state index in [0.717, 1.165) is 0 Å². The van der Waals surface area contributed by atoms with E-state index in [9.17, 15) is 14.9 Å². The maximum absolute atomic E-state index is 12.4. The molecule has 0 spiro atoms. The number of halogens is 3. The number of carbonyl (C=O) groups excluding carboxylic acids is 2.